The summed E-state index contributed by atoms with van der Waals surface area (Å²) >= 11 is 11.8. The van der Waals surface area contributed by atoms with Crippen LogP contribution in [0.15, 0.2) is 23.1 Å². The molecule has 1 saturated heterocycles. The molecule has 0 spiro atoms. The molecule has 0 saturated carbocycles. The number of piperazine rings is 1. The van der Waals surface area contributed by atoms with Crippen molar-refractivity contribution in [3.63, 3.8) is 0 Å². The highest BCUT2D eigenvalue weighted by atomic mass is 35.5. The Morgan fingerprint density at radius 1 is 1.04 bits per heavy atom. The quantitative estimate of drug-likeness (QED) is 0.671. The first kappa shape index (κ1) is 21.9. The molecule has 1 aliphatic rings. The van der Waals surface area contributed by atoms with Gasteiger partial charge in [-0.25, -0.2) is 8.42 Å². The fourth-order valence-corrected chi connectivity index (χ4v) is 5.13. The van der Waals surface area contributed by atoms with E-state index in [-0.39, 0.29) is 59.9 Å². The van der Waals surface area contributed by atoms with E-state index in [1.165, 1.54) is 22.5 Å². The van der Waals surface area contributed by atoms with Crippen LogP contribution in [-0.2, 0) is 19.6 Å². The van der Waals surface area contributed by atoms with E-state index in [4.69, 9.17) is 23.2 Å². The van der Waals surface area contributed by atoms with E-state index in [1.807, 2.05) is 0 Å². The Balaban J connectivity index is 2.02. The van der Waals surface area contributed by atoms with Crippen molar-refractivity contribution in [3.8, 4) is 0 Å². The van der Waals surface area contributed by atoms with Crippen molar-refractivity contribution >= 4 is 45.1 Å². The smallest absolute Gasteiger partial charge is 0.243 e. The van der Waals surface area contributed by atoms with Crippen LogP contribution in [0.2, 0.25) is 10.0 Å². The Morgan fingerprint density at radius 2 is 1.56 bits per heavy atom. The summed E-state index contributed by atoms with van der Waals surface area (Å²) in [5, 5.41) is 11.2. The first-order valence-corrected chi connectivity index (χ1v) is 10.5. The Labute approximate surface area is 168 Å². The third-order valence-electron chi connectivity index (χ3n) is 4.32. The van der Waals surface area contributed by atoms with Crippen molar-refractivity contribution in [1.82, 2.24) is 9.21 Å². The molecular weight excluding hydrogens is 415 g/mol. The fourth-order valence-electron chi connectivity index (χ4n) is 2.98. The Hall–Kier alpha value is -1.35. The number of carboxylic acids is 1. The maximum Gasteiger partial charge on any atom is 0.243 e. The number of carbonyl (C=O) groups excluding carboxylic acids is 2. The van der Waals surface area contributed by atoms with Crippen LogP contribution >= 0.6 is 23.2 Å². The lowest BCUT2D eigenvalue weighted by molar-refractivity contribution is -0.307. The fraction of sp³-hybridized carbons (Fsp3) is 0.529. The first-order valence-electron chi connectivity index (χ1n) is 8.35. The van der Waals surface area contributed by atoms with Gasteiger partial charge in [-0.15, -0.1) is 0 Å². The second-order valence-corrected chi connectivity index (χ2v) is 10.1. The predicted molar refractivity (Wildman–Crippen MR) is 99.8 cm³/mol. The second-order valence-electron chi connectivity index (χ2n) is 7.28. The van der Waals surface area contributed by atoms with Crippen LogP contribution in [0.3, 0.4) is 0 Å². The normalized spacial score (nSPS) is 16.4. The van der Waals surface area contributed by atoms with Crippen LogP contribution in [0.25, 0.3) is 0 Å². The van der Waals surface area contributed by atoms with Crippen LogP contribution in [0.4, 0.5) is 0 Å². The zero-order chi connectivity index (χ0) is 20.4. The number of carboxylic acid groups (broad SMARTS) is 1. The lowest BCUT2D eigenvalue weighted by Crippen LogP contribution is -2.51. The van der Waals surface area contributed by atoms with Gasteiger partial charge in [0.15, 0.2) is 0 Å². The Kier molecular flexibility index (Phi) is 6.78. The average molecular weight is 436 g/mol. The third kappa shape index (κ3) is 5.81. The molecule has 0 aliphatic carbocycles. The van der Waals surface area contributed by atoms with E-state index >= 15 is 0 Å². The van der Waals surface area contributed by atoms with Crippen molar-refractivity contribution in [3.05, 3.63) is 28.2 Å². The van der Waals surface area contributed by atoms with Gasteiger partial charge in [0.25, 0.3) is 0 Å². The van der Waals surface area contributed by atoms with Crippen molar-refractivity contribution in [2.45, 2.75) is 31.6 Å². The second kappa shape index (κ2) is 8.34. The van der Waals surface area contributed by atoms with Gasteiger partial charge in [-0.3, -0.25) is 4.79 Å². The maximum atomic E-state index is 12.8. The summed E-state index contributed by atoms with van der Waals surface area (Å²) in [6, 6.07) is 4.12. The molecule has 0 aromatic heterocycles. The van der Waals surface area contributed by atoms with Crippen LogP contribution in [0.5, 0.6) is 0 Å². The van der Waals surface area contributed by atoms with E-state index in [0.717, 1.165) is 0 Å². The molecule has 1 fully saturated rings. The molecule has 10 heteroatoms. The summed E-state index contributed by atoms with van der Waals surface area (Å²) in [7, 11) is -3.77. The standard InChI is InChI=1S/C17H22Cl2N2O5S/c1-17(2,11-16(23)24)10-15(22)20-3-5-21(6-4-20)27(25,26)14-8-12(18)7-13(19)9-14/h7-9H,3-6,10-11H2,1-2H3,(H,23,24)/p-1. The van der Waals surface area contributed by atoms with E-state index in [2.05, 4.69) is 0 Å². The zero-order valence-corrected chi connectivity index (χ0v) is 17.4. The predicted octanol–water partition coefficient (Wildman–Crippen LogP) is 1.38. The molecule has 0 unspecified atom stereocenters. The van der Waals surface area contributed by atoms with Crippen LogP contribution in [0.1, 0.15) is 26.7 Å². The molecule has 0 atom stereocenters. The minimum Gasteiger partial charge on any atom is -0.550 e. The largest absolute Gasteiger partial charge is 0.550 e. The number of rotatable bonds is 6. The maximum absolute atomic E-state index is 12.8. The average Bonchev–Trinajstić information content (AvgIpc) is 2.52. The van der Waals surface area contributed by atoms with Crippen molar-refractivity contribution < 1.29 is 23.1 Å². The molecule has 7 nitrogen and oxygen atoms in total. The van der Waals surface area contributed by atoms with Crippen molar-refractivity contribution in [2.75, 3.05) is 26.2 Å². The summed E-state index contributed by atoms with van der Waals surface area (Å²) in [6.45, 7) is 4.11. The molecule has 27 heavy (non-hydrogen) atoms. The summed E-state index contributed by atoms with van der Waals surface area (Å²) in [4.78, 5) is 24.8. The van der Waals surface area contributed by atoms with Crippen molar-refractivity contribution in [2.24, 2.45) is 5.41 Å². The van der Waals surface area contributed by atoms with Gasteiger partial charge in [0.05, 0.1) is 4.90 Å². The van der Waals surface area contributed by atoms with Gasteiger partial charge < -0.3 is 14.8 Å². The van der Waals surface area contributed by atoms with Crippen LogP contribution in [-0.4, -0.2) is 55.7 Å². The van der Waals surface area contributed by atoms with E-state index < -0.39 is 21.4 Å². The molecule has 1 aromatic carbocycles. The SMILES string of the molecule is CC(C)(CC(=O)[O-])CC(=O)N1CCN(S(=O)(=O)c2cc(Cl)cc(Cl)c2)CC1. The van der Waals surface area contributed by atoms with E-state index in [9.17, 15) is 23.1 Å². The van der Waals surface area contributed by atoms with Gasteiger partial charge in [-0.1, -0.05) is 37.0 Å². The number of amides is 1. The van der Waals surface area contributed by atoms with Crippen LogP contribution < -0.4 is 5.11 Å². The number of halogens is 2. The van der Waals surface area contributed by atoms with Crippen LogP contribution in [0, 0.1) is 5.41 Å². The number of aliphatic carboxylic acids is 1. The highest BCUT2D eigenvalue weighted by Gasteiger charge is 2.32. The summed E-state index contributed by atoms with van der Waals surface area (Å²) in [5.41, 5.74) is -0.726. The molecular formula is C17H21Cl2N2O5S-. The minimum atomic E-state index is -3.77. The molecule has 0 radical (unpaired) electrons. The molecule has 2 rings (SSSR count). The summed E-state index contributed by atoms with van der Waals surface area (Å²) < 4.78 is 26.8. The Bertz CT molecular complexity index is 813. The molecule has 1 amide bonds. The number of benzene rings is 1. The number of carbonyl (C=O) groups is 2. The van der Waals surface area contributed by atoms with Gasteiger partial charge in [-0.05, 0) is 30.0 Å². The number of hydrogen-bond donors (Lipinski definition) is 0. The molecule has 0 bridgehead atoms. The molecule has 1 aromatic rings. The lowest BCUT2D eigenvalue weighted by atomic mass is 9.85. The monoisotopic (exact) mass is 435 g/mol. The third-order valence-corrected chi connectivity index (χ3v) is 6.63. The number of hydrogen-bond acceptors (Lipinski definition) is 5. The highest BCUT2D eigenvalue weighted by molar-refractivity contribution is 7.89. The topological polar surface area (TPSA) is 97.8 Å². The van der Waals surface area contributed by atoms with E-state index in [0.29, 0.717) is 0 Å². The van der Waals surface area contributed by atoms with Gasteiger partial charge in [0, 0.05) is 48.6 Å². The highest BCUT2D eigenvalue weighted by Crippen LogP contribution is 2.27. The summed E-state index contributed by atoms with van der Waals surface area (Å²) in [6.07, 6.45) is -0.166. The molecule has 0 N–H and O–H groups in total. The summed E-state index contributed by atoms with van der Waals surface area (Å²) in [5.74, 6) is -1.41. The number of sulfonamides is 1. The zero-order valence-electron chi connectivity index (χ0n) is 15.1. The van der Waals surface area contributed by atoms with Gasteiger partial charge in [0.1, 0.15) is 0 Å². The number of nitrogens with zero attached hydrogens (tertiary/aromatic N) is 2. The minimum absolute atomic E-state index is 0.00914. The molecule has 1 aliphatic heterocycles. The lowest BCUT2D eigenvalue weighted by Gasteiger charge is -2.36. The van der Waals surface area contributed by atoms with Crippen molar-refractivity contribution in [1.29, 1.82) is 0 Å². The molecule has 150 valence electrons. The molecule has 1 heterocycles. The van der Waals surface area contributed by atoms with Gasteiger partial charge >= 0.3 is 0 Å². The Morgan fingerprint density at radius 3 is 2.04 bits per heavy atom. The van der Waals surface area contributed by atoms with E-state index in [1.54, 1.807) is 18.7 Å². The van der Waals surface area contributed by atoms with Gasteiger partial charge in [-0.2, -0.15) is 4.31 Å². The van der Waals surface area contributed by atoms with Gasteiger partial charge in [0.2, 0.25) is 15.9 Å². The first-order chi connectivity index (χ1) is 12.4.